The van der Waals surface area contributed by atoms with Crippen LogP contribution in [-0.2, 0) is 11.2 Å². The van der Waals surface area contributed by atoms with Gasteiger partial charge in [-0.25, -0.2) is 9.79 Å². The van der Waals surface area contributed by atoms with Gasteiger partial charge in [-0.1, -0.05) is 54.1 Å². The molecule has 0 radical (unpaired) electrons. The largest absolute Gasteiger partial charge is 0.456 e. The van der Waals surface area contributed by atoms with Crippen molar-refractivity contribution >= 4 is 39.6 Å². The molecule has 0 N–H and O–H groups in total. The summed E-state index contributed by atoms with van der Waals surface area (Å²) >= 11 is 7.50. The Morgan fingerprint density at radius 1 is 1.07 bits per heavy atom. The van der Waals surface area contributed by atoms with Gasteiger partial charge in [-0.2, -0.15) is 0 Å². The molecule has 2 aromatic carbocycles. The van der Waals surface area contributed by atoms with E-state index >= 15 is 0 Å². The molecule has 3 rings (SSSR count). The topological polar surface area (TPSA) is 38.7 Å². The number of carbonyl (C=O) groups excluding carboxylic acids is 1. The molecule has 3 aromatic rings. The van der Waals surface area contributed by atoms with Gasteiger partial charge >= 0.3 is 5.97 Å². The quantitative estimate of drug-likeness (QED) is 0.291. The van der Waals surface area contributed by atoms with Gasteiger partial charge in [-0.15, -0.1) is 11.3 Å². The third-order valence-electron chi connectivity index (χ3n) is 4.44. The van der Waals surface area contributed by atoms with Gasteiger partial charge in [0, 0.05) is 21.7 Å². The van der Waals surface area contributed by atoms with Crippen LogP contribution in [0.15, 0.2) is 65.0 Å². The lowest BCUT2D eigenvalue weighted by atomic mass is 10.0. The fraction of sp³-hybridized carbons (Fsp3) is 0.280. The first-order valence-corrected chi connectivity index (χ1v) is 11.2. The molecule has 0 spiro atoms. The average molecular weight is 440 g/mol. The highest BCUT2D eigenvalue weighted by molar-refractivity contribution is 7.14. The molecule has 1 aromatic heterocycles. The highest BCUT2D eigenvalue weighted by atomic mass is 35.5. The van der Waals surface area contributed by atoms with Crippen molar-refractivity contribution in [1.82, 2.24) is 0 Å². The predicted molar refractivity (Wildman–Crippen MR) is 127 cm³/mol. The van der Waals surface area contributed by atoms with Crippen LogP contribution in [0.1, 0.15) is 50.0 Å². The third-order valence-corrected chi connectivity index (χ3v) is 5.56. The van der Waals surface area contributed by atoms with Crippen LogP contribution in [0.2, 0.25) is 5.02 Å². The summed E-state index contributed by atoms with van der Waals surface area (Å²) in [4.78, 5) is 17.9. The molecule has 0 saturated carbocycles. The molecule has 1 heterocycles. The van der Waals surface area contributed by atoms with Crippen molar-refractivity contribution in [3.05, 3.63) is 76.1 Å². The summed E-state index contributed by atoms with van der Waals surface area (Å²) in [6, 6.07) is 17.8. The Morgan fingerprint density at radius 2 is 1.73 bits per heavy atom. The summed E-state index contributed by atoms with van der Waals surface area (Å²) in [7, 11) is 0. The molecule has 0 aliphatic rings. The monoisotopic (exact) mass is 439 g/mol. The number of aliphatic imine (C=N–C) groups is 1. The Balaban J connectivity index is 1.93. The van der Waals surface area contributed by atoms with E-state index in [9.17, 15) is 4.79 Å². The first-order valence-electron chi connectivity index (χ1n) is 9.92. The van der Waals surface area contributed by atoms with Crippen molar-refractivity contribution in [3.8, 4) is 11.1 Å². The van der Waals surface area contributed by atoms with Crippen LogP contribution >= 0.6 is 22.9 Å². The third kappa shape index (κ3) is 6.04. The lowest BCUT2D eigenvalue weighted by Crippen LogP contribution is -2.24. The molecular weight excluding hydrogens is 414 g/mol. The van der Waals surface area contributed by atoms with E-state index < -0.39 is 5.60 Å². The minimum Gasteiger partial charge on any atom is -0.456 e. The van der Waals surface area contributed by atoms with E-state index in [0.29, 0.717) is 15.6 Å². The fourth-order valence-corrected chi connectivity index (χ4v) is 4.13. The molecule has 0 bridgehead atoms. The normalized spacial score (nSPS) is 12.1. The molecule has 30 heavy (non-hydrogen) atoms. The zero-order chi connectivity index (χ0) is 21.7. The number of benzene rings is 2. The predicted octanol–water partition coefficient (Wildman–Crippen LogP) is 7.75. The molecule has 0 fully saturated rings. The number of nitrogens with zero attached hydrogens (tertiary/aromatic N) is 1. The Morgan fingerprint density at radius 3 is 2.37 bits per heavy atom. The average Bonchev–Trinajstić information content (AvgIpc) is 3.10. The number of ether oxygens (including phenoxy) is 1. The Hall–Kier alpha value is -2.43. The zero-order valence-corrected chi connectivity index (χ0v) is 19.3. The maximum atomic E-state index is 13.1. The summed E-state index contributed by atoms with van der Waals surface area (Å²) < 4.78 is 5.69. The Kier molecular flexibility index (Phi) is 7.11. The van der Waals surface area contributed by atoms with Gasteiger partial charge < -0.3 is 4.74 Å². The molecule has 0 aliphatic carbocycles. The molecule has 3 nitrogen and oxygen atoms in total. The van der Waals surface area contributed by atoms with Crippen LogP contribution in [0.25, 0.3) is 11.1 Å². The highest BCUT2D eigenvalue weighted by Crippen LogP contribution is 2.39. The second-order valence-corrected chi connectivity index (χ2v) is 9.47. The fourth-order valence-electron chi connectivity index (χ4n) is 3.00. The van der Waals surface area contributed by atoms with Gasteiger partial charge in [0.05, 0.1) is 0 Å². The molecule has 5 heteroatoms. The number of halogens is 1. The van der Waals surface area contributed by atoms with Crippen molar-refractivity contribution in [3.63, 3.8) is 0 Å². The van der Waals surface area contributed by atoms with Gasteiger partial charge in [0.1, 0.15) is 16.2 Å². The maximum Gasteiger partial charge on any atom is 0.342 e. The van der Waals surface area contributed by atoms with Crippen molar-refractivity contribution in [2.24, 2.45) is 4.99 Å². The number of aryl methyl sites for hydroxylation is 1. The van der Waals surface area contributed by atoms with Crippen LogP contribution < -0.4 is 0 Å². The Bertz CT molecular complexity index is 1030. The number of rotatable bonds is 6. The SMILES string of the molecule is CC(CCc1ccccc1)=Nc1scc(-c2ccc(Cl)cc2)c1C(=O)OC(C)(C)C. The molecule has 0 aliphatic heterocycles. The number of thiophene rings is 1. The second kappa shape index (κ2) is 9.59. The van der Waals surface area contributed by atoms with Crippen LogP contribution in [-0.4, -0.2) is 17.3 Å². The van der Waals surface area contributed by atoms with Crippen LogP contribution in [0, 0.1) is 0 Å². The van der Waals surface area contributed by atoms with Crippen molar-refractivity contribution < 1.29 is 9.53 Å². The van der Waals surface area contributed by atoms with Crippen LogP contribution in [0.4, 0.5) is 5.00 Å². The van der Waals surface area contributed by atoms with E-state index in [-0.39, 0.29) is 5.97 Å². The first kappa shape index (κ1) is 22.3. The van der Waals surface area contributed by atoms with E-state index in [1.807, 2.05) is 75.5 Å². The minimum atomic E-state index is -0.584. The van der Waals surface area contributed by atoms with E-state index in [1.165, 1.54) is 16.9 Å². The van der Waals surface area contributed by atoms with Gasteiger partial charge in [-0.05, 0) is 63.8 Å². The highest BCUT2D eigenvalue weighted by Gasteiger charge is 2.25. The van der Waals surface area contributed by atoms with Crippen LogP contribution in [0.3, 0.4) is 0 Å². The molecule has 0 amide bonds. The lowest BCUT2D eigenvalue weighted by Gasteiger charge is -2.20. The summed E-state index contributed by atoms with van der Waals surface area (Å²) in [5.74, 6) is -0.358. The van der Waals surface area contributed by atoms with Gasteiger partial charge in [0.2, 0.25) is 0 Å². The first-order chi connectivity index (χ1) is 14.2. The van der Waals surface area contributed by atoms with E-state index in [4.69, 9.17) is 21.3 Å². The van der Waals surface area contributed by atoms with E-state index in [2.05, 4.69) is 12.1 Å². The number of hydrogen-bond acceptors (Lipinski definition) is 4. The number of hydrogen-bond donors (Lipinski definition) is 0. The van der Waals surface area contributed by atoms with E-state index in [1.54, 1.807) is 0 Å². The molecule has 0 saturated heterocycles. The van der Waals surface area contributed by atoms with E-state index in [0.717, 1.165) is 29.7 Å². The lowest BCUT2D eigenvalue weighted by molar-refractivity contribution is 0.00720. The van der Waals surface area contributed by atoms with Gasteiger partial charge in [-0.3, -0.25) is 0 Å². The molecule has 0 atom stereocenters. The summed E-state index contributed by atoms with van der Waals surface area (Å²) in [5.41, 5.74) is 3.91. The maximum absolute atomic E-state index is 13.1. The summed E-state index contributed by atoms with van der Waals surface area (Å²) in [6.45, 7) is 7.61. The number of carbonyl (C=O) groups is 1. The minimum absolute atomic E-state index is 0.358. The molecule has 156 valence electrons. The summed E-state index contributed by atoms with van der Waals surface area (Å²) in [5, 5.41) is 3.30. The van der Waals surface area contributed by atoms with Gasteiger partial charge in [0.25, 0.3) is 0 Å². The van der Waals surface area contributed by atoms with Crippen molar-refractivity contribution in [2.45, 2.75) is 46.1 Å². The smallest absolute Gasteiger partial charge is 0.342 e. The van der Waals surface area contributed by atoms with Crippen molar-refractivity contribution in [1.29, 1.82) is 0 Å². The number of esters is 1. The Labute approximate surface area is 187 Å². The van der Waals surface area contributed by atoms with Crippen LogP contribution in [0.5, 0.6) is 0 Å². The molecular formula is C25H26ClNO2S. The summed E-state index contributed by atoms with van der Waals surface area (Å²) in [6.07, 6.45) is 1.74. The second-order valence-electron chi connectivity index (χ2n) is 8.17. The van der Waals surface area contributed by atoms with Crippen molar-refractivity contribution in [2.75, 3.05) is 0 Å². The zero-order valence-electron chi connectivity index (χ0n) is 17.7. The molecule has 0 unspecified atom stereocenters. The standard InChI is InChI=1S/C25H26ClNO2S/c1-17(10-11-18-8-6-5-7-9-18)27-23-22(24(28)29-25(2,3)4)21(16-30-23)19-12-14-20(26)15-13-19/h5-9,12-16H,10-11H2,1-4H3. The van der Waals surface area contributed by atoms with Gasteiger partial charge in [0.15, 0.2) is 0 Å².